The van der Waals surface area contributed by atoms with Crippen molar-refractivity contribution in [2.45, 2.75) is 63.5 Å². The van der Waals surface area contributed by atoms with Crippen LogP contribution in [0.5, 0.6) is 11.5 Å². The molecule has 1 aromatic carbocycles. The van der Waals surface area contributed by atoms with Gasteiger partial charge in [-0.15, -0.1) is 10.1 Å². The highest BCUT2D eigenvalue weighted by molar-refractivity contribution is 5.78. The molecule has 0 saturated heterocycles. The van der Waals surface area contributed by atoms with Crippen molar-refractivity contribution in [2.75, 3.05) is 26.7 Å². The minimum absolute atomic E-state index is 0.00339. The van der Waals surface area contributed by atoms with Crippen molar-refractivity contribution in [2.24, 2.45) is 5.92 Å². The Kier molecular flexibility index (Phi) is 11.2. The average Bonchev–Trinajstić information content (AvgIpc) is 2.84. The van der Waals surface area contributed by atoms with E-state index in [0.717, 1.165) is 0 Å². The van der Waals surface area contributed by atoms with Gasteiger partial charge in [-0.3, -0.25) is 14.9 Å². The number of likely N-dealkylation sites (N-methyl/N-ethyl adjacent to an activating group) is 1. The molecule has 1 fully saturated rings. The third kappa shape index (κ3) is 10.0. The zero-order valence-electron chi connectivity index (χ0n) is 20.4. The van der Waals surface area contributed by atoms with E-state index in [2.05, 4.69) is 20.8 Å². The van der Waals surface area contributed by atoms with Crippen LogP contribution in [0, 0.1) is 16.0 Å². The number of β-amino-alcohol motifs (C(OH)–C–C–N with tert-alkyl or cyclic N) is 1. The maximum absolute atomic E-state index is 12.5. The van der Waals surface area contributed by atoms with Gasteiger partial charge in [0.2, 0.25) is 12.1 Å². The number of carbonyl (C=O) groups excluding carboxylic acids is 2. The van der Waals surface area contributed by atoms with Crippen LogP contribution in [0.25, 0.3) is 0 Å². The molecular formula is C23H36N4O8. The van der Waals surface area contributed by atoms with Crippen LogP contribution in [0.2, 0.25) is 0 Å². The fraction of sp³-hybridized carbons (Fsp3) is 0.652. The highest BCUT2D eigenvalue weighted by Crippen LogP contribution is 2.27. The summed E-state index contributed by atoms with van der Waals surface area (Å²) in [7, 11) is 1.60. The molecule has 12 heteroatoms. The number of nitrogens with one attached hydrogen (secondary N) is 3. The molecule has 35 heavy (non-hydrogen) atoms. The van der Waals surface area contributed by atoms with Crippen LogP contribution in [0.3, 0.4) is 0 Å². The van der Waals surface area contributed by atoms with Gasteiger partial charge in [0.05, 0.1) is 0 Å². The topological polar surface area (TPSA) is 161 Å². The van der Waals surface area contributed by atoms with Crippen LogP contribution in [0.4, 0.5) is 0 Å². The summed E-state index contributed by atoms with van der Waals surface area (Å²) in [5, 5.41) is 28.9. The summed E-state index contributed by atoms with van der Waals surface area (Å²) in [5.41, 5.74) is -0.492. The Morgan fingerprint density at radius 3 is 2.51 bits per heavy atom. The quantitative estimate of drug-likeness (QED) is 0.118. The van der Waals surface area contributed by atoms with E-state index in [1.165, 1.54) is 0 Å². The van der Waals surface area contributed by atoms with Crippen molar-refractivity contribution in [3.05, 3.63) is 34.4 Å². The Morgan fingerprint density at radius 2 is 1.91 bits per heavy atom. The average molecular weight is 497 g/mol. The number of aldehydes is 1. The number of aliphatic hydroxyl groups excluding tert-OH is 1. The second-order valence-corrected chi connectivity index (χ2v) is 9.16. The predicted molar refractivity (Wildman–Crippen MR) is 126 cm³/mol. The van der Waals surface area contributed by atoms with Gasteiger partial charge in [0, 0.05) is 24.5 Å². The largest absolute Gasteiger partial charge is 0.487 e. The van der Waals surface area contributed by atoms with Crippen molar-refractivity contribution < 1.29 is 34.1 Å². The van der Waals surface area contributed by atoms with Crippen molar-refractivity contribution >= 4 is 12.2 Å². The van der Waals surface area contributed by atoms with Gasteiger partial charge in [0.15, 0.2) is 17.8 Å². The van der Waals surface area contributed by atoms with E-state index in [0.29, 0.717) is 50.0 Å². The molecule has 0 aliphatic heterocycles. The van der Waals surface area contributed by atoms with E-state index in [9.17, 15) is 24.8 Å². The third-order valence-electron chi connectivity index (χ3n) is 5.74. The molecule has 0 aromatic heterocycles. The first-order chi connectivity index (χ1) is 16.6. The Hall–Kier alpha value is -2.96. The molecule has 0 spiro atoms. The van der Waals surface area contributed by atoms with Crippen molar-refractivity contribution in [1.82, 2.24) is 16.0 Å². The van der Waals surface area contributed by atoms with Gasteiger partial charge in [0.1, 0.15) is 18.8 Å². The number of nitrogens with zero attached hydrogens (tertiary/aromatic N) is 1. The molecule has 196 valence electrons. The number of carbonyl (C=O) groups is 2. The van der Waals surface area contributed by atoms with Gasteiger partial charge in [-0.05, 0) is 58.7 Å². The third-order valence-corrected chi connectivity index (χ3v) is 5.74. The second kappa shape index (κ2) is 13.8. The van der Waals surface area contributed by atoms with Gasteiger partial charge in [0.25, 0.3) is 5.09 Å². The molecule has 4 N–H and O–H groups in total. The molecule has 1 aromatic rings. The highest BCUT2D eigenvalue weighted by Gasteiger charge is 2.29. The van der Waals surface area contributed by atoms with E-state index >= 15 is 0 Å². The maximum atomic E-state index is 12.5. The van der Waals surface area contributed by atoms with E-state index in [-0.39, 0.29) is 25.0 Å². The minimum atomic E-state index is -0.832. The predicted octanol–water partition coefficient (Wildman–Crippen LogP) is 0.801. The SMILES string of the molecule is CNC(C=O)Oc1ccccc1OCC(O)CNC(C)(C)CNC(=O)C1CCC(O[N+](=O)[O-])CC1. The number of rotatable bonds is 15. The van der Waals surface area contributed by atoms with Gasteiger partial charge in [-0.25, -0.2) is 0 Å². The van der Waals surface area contributed by atoms with Crippen LogP contribution >= 0.6 is 0 Å². The Morgan fingerprint density at radius 1 is 1.26 bits per heavy atom. The Balaban J connectivity index is 1.72. The molecule has 1 amide bonds. The van der Waals surface area contributed by atoms with Crippen LogP contribution in [-0.2, 0) is 14.4 Å². The molecule has 12 nitrogen and oxygen atoms in total. The molecule has 1 aliphatic carbocycles. The van der Waals surface area contributed by atoms with Gasteiger partial charge in [-0.2, -0.15) is 0 Å². The summed E-state index contributed by atoms with van der Waals surface area (Å²) in [6, 6.07) is 6.86. The summed E-state index contributed by atoms with van der Waals surface area (Å²) in [6.45, 7) is 4.38. The second-order valence-electron chi connectivity index (χ2n) is 9.16. The van der Waals surface area contributed by atoms with Crippen LogP contribution in [0.15, 0.2) is 24.3 Å². The van der Waals surface area contributed by atoms with Crippen molar-refractivity contribution in [3.63, 3.8) is 0 Å². The van der Waals surface area contributed by atoms with Gasteiger partial charge in [-0.1, -0.05) is 12.1 Å². The number of aliphatic hydroxyl groups is 1. The number of ether oxygens (including phenoxy) is 2. The summed E-state index contributed by atoms with van der Waals surface area (Å²) >= 11 is 0. The molecule has 0 bridgehead atoms. The van der Waals surface area contributed by atoms with E-state index in [1.807, 2.05) is 13.8 Å². The lowest BCUT2D eigenvalue weighted by molar-refractivity contribution is -0.769. The number of hydrogen-bond donors (Lipinski definition) is 4. The molecule has 1 aliphatic rings. The van der Waals surface area contributed by atoms with E-state index in [1.54, 1.807) is 31.3 Å². The minimum Gasteiger partial charge on any atom is -0.487 e. The molecular weight excluding hydrogens is 460 g/mol. The monoisotopic (exact) mass is 496 g/mol. The number of para-hydroxylation sites is 2. The molecule has 0 radical (unpaired) electrons. The fourth-order valence-corrected chi connectivity index (χ4v) is 3.66. The lowest BCUT2D eigenvalue weighted by Gasteiger charge is -2.30. The Bertz CT molecular complexity index is 829. The first-order valence-electron chi connectivity index (χ1n) is 11.7. The lowest BCUT2D eigenvalue weighted by Crippen LogP contribution is -2.52. The van der Waals surface area contributed by atoms with Crippen LogP contribution in [-0.4, -0.2) is 73.1 Å². The van der Waals surface area contributed by atoms with E-state index < -0.39 is 29.1 Å². The van der Waals surface area contributed by atoms with Crippen LogP contribution < -0.4 is 25.4 Å². The molecule has 0 heterocycles. The summed E-state index contributed by atoms with van der Waals surface area (Å²) in [5.74, 6) is 0.496. The maximum Gasteiger partial charge on any atom is 0.294 e. The molecule has 2 unspecified atom stereocenters. The molecule has 1 saturated carbocycles. The van der Waals surface area contributed by atoms with Crippen LogP contribution in [0.1, 0.15) is 39.5 Å². The zero-order valence-corrected chi connectivity index (χ0v) is 20.4. The smallest absolute Gasteiger partial charge is 0.294 e. The van der Waals surface area contributed by atoms with Crippen molar-refractivity contribution in [3.8, 4) is 11.5 Å². The summed E-state index contributed by atoms with van der Waals surface area (Å²) in [6.07, 6.45) is 0.587. The van der Waals surface area contributed by atoms with Gasteiger partial charge < -0.3 is 30.1 Å². The summed E-state index contributed by atoms with van der Waals surface area (Å²) < 4.78 is 11.2. The first kappa shape index (κ1) is 28.3. The standard InChI is InChI=1S/C23H36N4O8/c1-23(2,15-25-22(30)16-8-10-18(11-9-16)35-27(31)32)26-12-17(29)14-33-19-6-4-5-7-20(19)34-21(13-28)24-3/h4-7,13,16-18,21,24,26,29H,8-12,14-15H2,1-3H3,(H,25,30). The van der Waals surface area contributed by atoms with Gasteiger partial charge >= 0.3 is 0 Å². The molecule has 2 rings (SSSR count). The number of hydrogen-bond acceptors (Lipinski definition) is 10. The molecule has 2 atom stereocenters. The number of amides is 1. The Labute approximate surface area is 204 Å². The summed E-state index contributed by atoms with van der Waals surface area (Å²) in [4.78, 5) is 38.5. The fourth-order valence-electron chi connectivity index (χ4n) is 3.66. The van der Waals surface area contributed by atoms with E-state index in [4.69, 9.17) is 9.47 Å². The highest BCUT2D eigenvalue weighted by atomic mass is 17.0. The first-order valence-corrected chi connectivity index (χ1v) is 11.7. The number of benzene rings is 1. The zero-order chi connectivity index (χ0) is 25.8. The normalized spacial score (nSPS) is 19.8. The lowest BCUT2D eigenvalue weighted by atomic mass is 9.86. The van der Waals surface area contributed by atoms with Crippen molar-refractivity contribution in [1.29, 1.82) is 0 Å².